The molecule has 0 saturated carbocycles. The van der Waals surface area contributed by atoms with Crippen molar-refractivity contribution < 1.29 is 14.7 Å². The number of carboxylic acids is 1. The lowest BCUT2D eigenvalue weighted by Crippen LogP contribution is -2.44. The maximum atomic E-state index is 13.2. The lowest BCUT2D eigenvalue weighted by Gasteiger charge is -2.19. The second-order valence-electron chi connectivity index (χ2n) is 6.84. The van der Waals surface area contributed by atoms with Crippen molar-refractivity contribution in [3.8, 4) is 11.1 Å². The Bertz CT molecular complexity index is 1020. The Labute approximate surface area is 171 Å². The van der Waals surface area contributed by atoms with Crippen molar-refractivity contribution in [3.63, 3.8) is 0 Å². The largest absolute Gasteiger partial charge is 0.480 e. The van der Waals surface area contributed by atoms with Gasteiger partial charge >= 0.3 is 5.97 Å². The number of carbonyl (C=O) groups is 2. The van der Waals surface area contributed by atoms with E-state index >= 15 is 0 Å². The molecule has 1 atom stereocenters. The molecule has 0 aromatic heterocycles. The van der Waals surface area contributed by atoms with Gasteiger partial charge in [0, 0.05) is 10.9 Å². The van der Waals surface area contributed by atoms with Crippen LogP contribution in [0, 0.1) is 0 Å². The van der Waals surface area contributed by atoms with Crippen molar-refractivity contribution in [2.45, 2.75) is 18.4 Å². The molecule has 1 aliphatic carbocycles. The van der Waals surface area contributed by atoms with E-state index in [1.54, 1.807) is 0 Å². The maximum absolute atomic E-state index is 13.2. The number of halogens is 1. The van der Waals surface area contributed by atoms with Crippen LogP contribution in [-0.2, 0) is 16.0 Å². The summed E-state index contributed by atoms with van der Waals surface area (Å²) in [7, 11) is 0. The summed E-state index contributed by atoms with van der Waals surface area (Å²) < 4.78 is 0.874. The molecule has 0 saturated heterocycles. The van der Waals surface area contributed by atoms with Crippen LogP contribution in [-0.4, -0.2) is 23.0 Å². The van der Waals surface area contributed by atoms with Gasteiger partial charge < -0.3 is 10.4 Å². The smallest absolute Gasteiger partial charge is 0.326 e. The molecule has 0 spiro atoms. The number of rotatable bonds is 5. The molecule has 2 N–H and O–H groups in total. The molecule has 0 radical (unpaired) electrons. The van der Waals surface area contributed by atoms with Crippen molar-refractivity contribution in [1.29, 1.82) is 0 Å². The van der Waals surface area contributed by atoms with Crippen LogP contribution >= 0.6 is 15.9 Å². The molecular weight excluding hydrogens is 418 g/mol. The number of hydrogen-bond acceptors (Lipinski definition) is 2. The zero-order valence-electron chi connectivity index (χ0n) is 14.9. The molecule has 0 fully saturated rings. The fraction of sp³-hybridized carbons (Fsp3) is 0.130. The van der Waals surface area contributed by atoms with Crippen molar-refractivity contribution in [2.24, 2.45) is 0 Å². The number of carbonyl (C=O) groups excluding carboxylic acids is 1. The zero-order valence-corrected chi connectivity index (χ0v) is 16.5. The van der Waals surface area contributed by atoms with E-state index in [4.69, 9.17) is 0 Å². The van der Waals surface area contributed by atoms with E-state index in [1.165, 1.54) is 0 Å². The van der Waals surface area contributed by atoms with Gasteiger partial charge in [-0.05, 0) is 39.9 Å². The first-order valence-corrected chi connectivity index (χ1v) is 9.80. The van der Waals surface area contributed by atoms with Crippen LogP contribution in [0.5, 0.6) is 0 Å². The van der Waals surface area contributed by atoms with Gasteiger partial charge in [-0.2, -0.15) is 0 Å². The Morgan fingerprint density at radius 2 is 1.54 bits per heavy atom. The van der Waals surface area contributed by atoms with E-state index in [-0.39, 0.29) is 12.3 Å². The number of amides is 1. The Morgan fingerprint density at radius 1 is 0.929 bits per heavy atom. The summed E-state index contributed by atoms with van der Waals surface area (Å²) in [6.45, 7) is 0. The van der Waals surface area contributed by atoms with Crippen LogP contribution in [0.15, 0.2) is 77.3 Å². The third-order valence-corrected chi connectivity index (χ3v) is 5.53. The van der Waals surface area contributed by atoms with Crippen LogP contribution in [0.3, 0.4) is 0 Å². The summed E-state index contributed by atoms with van der Waals surface area (Å²) >= 11 is 3.40. The standard InChI is InChI=1S/C23H18BrNO3/c24-15-7-5-6-14(12-15)13-20(23(27)28)25-22(26)21-18-10-3-1-8-16(18)17-9-2-4-11-19(17)21/h1-12,20-21H,13H2,(H,25,26)(H,27,28)/t20-/m1/s1. The minimum Gasteiger partial charge on any atom is -0.480 e. The summed E-state index contributed by atoms with van der Waals surface area (Å²) in [6.07, 6.45) is 0.219. The lowest BCUT2D eigenvalue weighted by atomic mass is 9.95. The molecule has 4 rings (SSSR count). The van der Waals surface area contributed by atoms with E-state index < -0.39 is 17.9 Å². The number of benzene rings is 3. The first-order valence-electron chi connectivity index (χ1n) is 9.00. The highest BCUT2D eigenvalue weighted by molar-refractivity contribution is 9.10. The third-order valence-electron chi connectivity index (χ3n) is 5.04. The predicted molar refractivity (Wildman–Crippen MR) is 111 cm³/mol. The maximum Gasteiger partial charge on any atom is 0.326 e. The molecule has 0 unspecified atom stereocenters. The summed E-state index contributed by atoms with van der Waals surface area (Å²) in [5, 5.41) is 12.4. The Morgan fingerprint density at radius 3 is 2.11 bits per heavy atom. The van der Waals surface area contributed by atoms with Gasteiger partial charge in [-0.15, -0.1) is 0 Å². The van der Waals surface area contributed by atoms with E-state index in [1.807, 2.05) is 72.8 Å². The van der Waals surface area contributed by atoms with Crippen molar-refractivity contribution in [3.05, 3.63) is 94.0 Å². The van der Waals surface area contributed by atoms with Gasteiger partial charge in [-0.3, -0.25) is 4.79 Å². The minimum absolute atomic E-state index is 0.219. The molecule has 3 aromatic carbocycles. The number of fused-ring (bicyclic) bond motifs is 3. The average molecular weight is 436 g/mol. The Kier molecular flexibility index (Phi) is 5.01. The Balaban J connectivity index is 1.62. The normalized spacial score (nSPS) is 13.5. The molecule has 0 heterocycles. The summed E-state index contributed by atoms with van der Waals surface area (Å²) in [6, 6.07) is 22.0. The van der Waals surface area contributed by atoms with E-state index in [2.05, 4.69) is 21.2 Å². The zero-order chi connectivity index (χ0) is 19.7. The van der Waals surface area contributed by atoms with Gasteiger partial charge in [0.15, 0.2) is 0 Å². The van der Waals surface area contributed by atoms with Crippen molar-refractivity contribution >= 4 is 27.8 Å². The quantitative estimate of drug-likeness (QED) is 0.624. The molecule has 3 aromatic rings. The fourth-order valence-electron chi connectivity index (χ4n) is 3.79. The second kappa shape index (κ2) is 7.60. The number of hydrogen-bond donors (Lipinski definition) is 2. The topological polar surface area (TPSA) is 66.4 Å². The molecule has 4 nitrogen and oxygen atoms in total. The molecule has 1 amide bonds. The lowest BCUT2D eigenvalue weighted by molar-refractivity contribution is -0.141. The first kappa shape index (κ1) is 18.4. The Hall–Kier alpha value is -2.92. The molecule has 0 bridgehead atoms. The highest BCUT2D eigenvalue weighted by Gasteiger charge is 2.35. The van der Waals surface area contributed by atoms with Crippen LogP contribution < -0.4 is 5.32 Å². The highest BCUT2D eigenvalue weighted by atomic mass is 79.9. The van der Waals surface area contributed by atoms with Crippen LogP contribution in [0.2, 0.25) is 0 Å². The number of nitrogens with one attached hydrogen (secondary N) is 1. The van der Waals surface area contributed by atoms with Gasteiger partial charge in [0.05, 0.1) is 5.92 Å². The van der Waals surface area contributed by atoms with Gasteiger partial charge in [0.2, 0.25) is 5.91 Å². The fourth-order valence-corrected chi connectivity index (χ4v) is 4.24. The second-order valence-corrected chi connectivity index (χ2v) is 7.76. The van der Waals surface area contributed by atoms with Gasteiger partial charge in [0.1, 0.15) is 6.04 Å². The van der Waals surface area contributed by atoms with Crippen LogP contribution in [0.1, 0.15) is 22.6 Å². The van der Waals surface area contributed by atoms with Crippen LogP contribution in [0.25, 0.3) is 11.1 Å². The van der Waals surface area contributed by atoms with Gasteiger partial charge in [-0.25, -0.2) is 4.79 Å². The van der Waals surface area contributed by atoms with Gasteiger partial charge in [0.25, 0.3) is 0 Å². The monoisotopic (exact) mass is 435 g/mol. The summed E-state index contributed by atoms with van der Waals surface area (Å²) in [5.74, 6) is -1.84. The molecule has 0 aliphatic heterocycles. The first-order chi connectivity index (χ1) is 13.5. The highest BCUT2D eigenvalue weighted by Crippen LogP contribution is 2.44. The molecular formula is C23H18BrNO3. The van der Waals surface area contributed by atoms with E-state index in [0.717, 1.165) is 32.3 Å². The van der Waals surface area contributed by atoms with Crippen LogP contribution in [0.4, 0.5) is 0 Å². The average Bonchev–Trinajstić information content (AvgIpc) is 3.02. The third kappa shape index (κ3) is 3.45. The van der Waals surface area contributed by atoms with E-state index in [0.29, 0.717) is 0 Å². The minimum atomic E-state index is -1.05. The van der Waals surface area contributed by atoms with Gasteiger partial charge in [-0.1, -0.05) is 76.6 Å². The molecule has 5 heteroatoms. The van der Waals surface area contributed by atoms with Crippen molar-refractivity contribution in [2.75, 3.05) is 0 Å². The summed E-state index contributed by atoms with van der Waals surface area (Å²) in [5.41, 5.74) is 4.71. The number of aliphatic carboxylic acids is 1. The predicted octanol–water partition coefficient (Wildman–Crippen LogP) is 4.37. The van der Waals surface area contributed by atoms with Crippen molar-refractivity contribution in [1.82, 2.24) is 5.32 Å². The molecule has 1 aliphatic rings. The number of carboxylic acid groups (broad SMARTS) is 1. The van der Waals surface area contributed by atoms with E-state index in [9.17, 15) is 14.7 Å². The molecule has 28 heavy (non-hydrogen) atoms. The summed E-state index contributed by atoms with van der Waals surface area (Å²) in [4.78, 5) is 25.0. The molecule has 140 valence electrons. The SMILES string of the molecule is O=C(N[C@H](Cc1cccc(Br)c1)C(=O)O)C1c2ccccc2-c2ccccc21.